The minimum absolute atomic E-state index is 0.214. The molecule has 0 unspecified atom stereocenters. The molecule has 2 heterocycles. The van der Waals surface area contributed by atoms with Crippen molar-refractivity contribution in [3.05, 3.63) is 71.3 Å². The van der Waals surface area contributed by atoms with Gasteiger partial charge in [0.25, 0.3) is 5.91 Å². The fraction of sp³-hybridized carbons (Fsp3) is 0.308. The zero-order valence-electron chi connectivity index (χ0n) is 19.5. The van der Waals surface area contributed by atoms with E-state index in [4.69, 9.17) is 4.74 Å². The van der Waals surface area contributed by atoms with E-state index in [1.807, 2.05) is 45.0 Å². The van der Waals surface area contributed by atoms with Gasteiger partial charge in [-0.2, -0.15) is 0 Å². The lowest BCUT2D eigenvalue weighted by Gasteiger charge is -2.30. The van der Waals surface area contributed by atoms with Crippen molar-refractivity contribution in [3.8, 4) is 0 Å². The number of halogens is 1. The molecule has 1 aliphatic rings. The summed E-state index contributed by atoms with van der Waals surface area (Å²) in [4.78, 5) is 33.3. The number of ether oxygens (including phenoxy) is 1. The molecule has 2 aromatic carbocycles. The number of amides is 1. The van der Waals surface area contributed by atoms with Gasteiger partial charge in [-0.1, -0.05) is 13.8 Å². The summed E-state index contributed by atoms with van der Waals surface area (Å²) in [6, 6.07) is 11.5. The number of H-pyrrole nitrogens is 1. The van der Waals surface area contributed by atoms with Crippen LogP contribution in [0.4, 0.5) is 10.1 Å². The maximum Gasteiger partial charge on any atom is 0.341 e. The number of fused-ring (bicyclic) bond motifs is 3. The number of carbonyl (C=O) groups excluding carboxylic acids is 2. The fourth-order valence-electron chi connectivity index (χ4n) is 4.39. The van der Waals surface area contributed by atoms with Crippen LogP contribution in [0.3, 0.4) is 0 Å². The van der Waals surface area contributed by atoms with Gasteiger partial charge in [-0.05, 0) is 55.0 Å². The molecule has 0 saturated heterocycles. The van der Waals surface area contributed by atoms with E-state index in [1.165, 1.54) is 29.2 Å². The maximum absolute atomic E-state index is 13.4. The lowest BCUT2D eigenvalue weighted by Crippen LogP contribution is -2.37. The summed E-state index contributed by atoms with van der Waals surface area (Å²) < 4.78 is 18.7. The first-order valence-electron chi connectivity index (χ1n) is 10.9. The molecule has 33 heavy (non-hydrogen) atoms. The first kappa shape index (κ1) is 22.6. The topological polar surface area (TPSA) is 65.6 Å². The van der Waals surface area contributed by atoms with Gasteiger partial charge in [0.2, 0.25) is 0 Å². The molecule has 0 radical (unpaired) electrons. The molecule has 0 spiro atoms. The predicted molar refractivity (Wildman–Crippen MR) is 128 cm³/mol. The Morgan fingerprint density at radius 1 is 1.15 bits per heavy atom. The number of benzene rings is 2. The van der Waals surface area contributed by atoms with E-state index < -0.39 is 17.2 Å². The first-order valence-corrected chi connectivity index (χ1v) is 10.9. The molecule has 3 aromatic rings. The van der Waals surface area contributed by atoms with Gasteiger partial charge in [-0.3, -0.25) is 4.79 Å². The fourth-order valence-corrected chi connectivity index (χ4v) is 4.39. The molecule has 1 N–H and O–H groups in total. The summed E-state index contributed by atoms with van der Waals surface area (Å²) in [6.45, 7) is 6.39. The van der Waals surface area contributed by atoms with Crippen molar-refractivity contribution in [2.45, 2.75) is 26.2 Å². The van der Waals surface area contributed by atoms with E-state index in [2.05, 4.69) is 11.1 Å². The van der Waals surface area contributed by atoms with Gasteiger partial charge in [0.05, 0.1) is 17.9 Å². The third kappa shape index (κ3) is 4.11. The lowest BCUT2D eigenvalue weighted by molar-refractivity contribution is -0.136. The summed E-state index contributed by atoms with van der Waals surface area (Å²) in [5.41, 5.74) is 3.68. The molecule has 0 atom stereocenters. The lowest BCUT2D eigenvalue weighted by atomic mass is 9.81. The summed E-state index contributed by atoms with van der Waals surface area (Å²) in [5, 5.41) is 0.993. The molecule has 7 heteroatoms. The Bertz CT molecular complexity index is 1260. The average molecular weight is 450 g/mol. The largest absolute Gasteiger partial charge is 0.462 e. The number of hydrogen-bond acceptors (Lipinski definition) is 4. The van der Waals surface area contributed by atoms with Gasteiger partial charge in [0.15, 0.2) is 0 Å². The van der Waals surface area contributed by atoms with Gasteiger partial charge < -0.3 is 19.5 Å². The van der Waals surface area contributed by atoms with Gasteiger partial charge in [0, 0.05) is 54.4 Å². The van der Waals surface area contributed by atoms with Gasteiger partial charge in [-0.15, -0.1) is 0 Å². The van der Waals surface area contributed by atoms with E-state index in [0.29, 0.717) is 17.8 Å². The third-order valence-electron chi connectivity index (χ3n) is 5.94. The summed E-state index contributed by atoms with van der Waals surface area (Å²) >= 11 is 0. The highest BCUT2D eigenvalue weighted by atomic mass is 19.1. The number of aromatic amines is 1. The van der Waals surface area contributed by atoms with Crippen molar-refractivity contribution in [1.29, 1.82) is 0 Å². The number of nitrogens with zero attached hydrogens (tertiary/aromatic N) is 2. The van der Waals surface area contributed by atoms with Gasteiger partial charge in [0.1, 0.15) is 5.82 Å². The van der Waals surface area contributed by atoms with Gasteiger partial charge in [-0.25, -0.2) is 9.18 Å². The van der Waals surface area contributed by atoms with Crippen LogP contribution in [-0.4, -0.2) is 49.0 Å². The van der Waals surface area contributed by atoms with Crippen LogP contribution in [0.15, 0.2) is 48.7 Å². The maximum atomic E-state index is 13.4. The Hall–Kier alpha value is -3.61. The Morgan fingerprint density at radius 2 is 1.85 bits per heavy atom. The Labute approximate surface area is 192 Å². The zero-order chi connectivity index (χ0) is 23.9. The highest BCUT2D eigenvalue weighted by Crippen LogP contribution is 2.41. The van der Waals surface area contributed by atoms with Crippen molar-refractivity contribution in [2.24, 2.45) is 0 Å². The standard InChI is InChI=1S/C26H28FN3O3/c1-6-33-25(32)20-14-30(24(31)16-7-9-17(27)10-8-16)15-26(2,3)22-19-13-18(29(4)5)11-12-21(19)28-23(20)22/h7-14,28H,6,15H2,1-5H3. The number of rotatable bonds is 4. The number of nitrogens with one attached hydrogen (secondary N) is 1. The zero-order valence-corrected chi connectivity index (χ0v) is 19.5. The van der Waals surface area contributed by atoms with Crippen molar-refractivity contribution in [2.75, 3.05) is 32.1 Å². The second-order valence-electron chi connectivity index (χ2n) is 9.09. The number of esters is 1. The molecular formula is C26H28FN3O3. The molecule has 0 bridgehead atoms. The number of aromatic nitrogens is 1. The Morgan fingerprint density at radius 3 is 2.48 bits per heavy atom. The minimum atomic E-state index is -0.507. The Kier molecular flexibility index (Phi) is 5.74. The first-order chi connectivity index (χ1) is 15.6. The van der Waals surface area contributed by atoms with Crippen LogP contribution in [0.1, 0.15) is 42.4 Å². The van der Waals surface area contributed by atoms with Crippen molar-refractivity contribution in [3.63, 3.8) is 0 Å². The van der Waals surface area contributed by atoms with Crippen molar-refractivity contribution < 1.29 is 18.7 Å². The van der Waals surface area contributed by atoms with Crippen molar-refractivity contribution >= 4 is 34.0 Å². The highest BCUT2D eigenvalue weighted by Gasteiger charge is 2.37. The normalized spacial score (nSPS) is 15.0. The third-order valence-corrected chi connectivity index (χ3v) is 5.94. The molecule has 6 nitrogen and oxygen atoms in total. The smallest absolute Gasteiger partial charge is 0.341 e. The summed E-state index contributed by atoms with van der Waals surface area (Å²) in [6.07, 6.45) is 1.56. The van der Waals surface area contributed by atoms with E-state index in [9.17, 15) is 14.0 Å². The monoisotopic (exact) mass is 449 g/mol. The van der Waals surface area contributed by atoms with E-state index in [1.54, 1.807) is 13.1 Å². The van der Waals surface area contributed by atoms with Crippen LogP contribution in [0.2, 0.25) is 0 Å². The Balaban J connectivity index is 1.91. The molecule has 172 valence electrons. The number of hydrogen-bond donors (Lipinski definition) is 1. The summed E-state index contributed by atoms with van der Waals surface area (Å²) in [5.74, 6) is -1.23. The second-order valence-corrected chi connectivity index (χ2v) is 9.09. The van der Waals surface area contributed by atoms with Gasteiger partial charge >= 0.3 is 5.97 Å². The number of carbonyl (C=O) groups is 2. The van der Waals surface area contributed by atoms with E-state index in [-0.39, 0.29) is 18.1 Å². The summed E-state index contributed by atoms with van der Waals surface area (Å²) in [7, 11) is 3.95. The van der Waals surface area contributed by atoms with Crippen LogP contribution in [0, 0.1) is 5.82 Å². The second kappa shape index (κ2) is 8.39. The number of anilines is 1. The molecule has 1 aromatic heterocycles. The molecule has 1 amide bonds. The molecular weight excluding hydrogens is 421 g/mol. The molecule has 0 aliphatic carbocycles. The van der Waals surface area contributed by atoms with Crippen molar-refractivity contribution in [1.82, 2.24) is 9.88 Å². The molecule has 1 aliphatic heterocycles. The predicted octanol–water partition coefficient (Wildman–Crippen LogP) is 4.71. The molecule has 4 rings (SSSR count). The van der Waals surface area contributed by atoms with E-state index in [0.717, 1.165) is 22.2 Å². The van der Waals surface area contributed by atoms with Crippen LogP contribution in [0.5, 0.6) is 0 Å². The SMILES string of the molecule is CCOC(=O)C1=CN(C(=O)c2ccc(F)cc2)CC(C)(C)c2c1[nH]c1ccc(N(C)C)cc21. The quantitative estimate of drug-likeness (QED) is 0.586. The van der Waals surface area contributed by atoms with Crippen LogP contribution >= 0.6 is 0 Å². The van der Waals surface area contributed by atoms with Crippen LogP contribution < -0.4 is 4.90 Å². The minimum Gasteiger partial charge on any atom is -0.462 e. The van der Waals surface area contributed by atoms with Crippen LogP contribution in [-0.2, 0) is 14.9 Å². The average Bonchev–Trinajstić information content (AvgIpc) is 3.10. The molecule has 0 fully saturated rings. The molecule has 0 saturated carbocycles. The van der Waals surface area contributed by atoms with Crippen LogP contribution in [0.25, 0.3) is 16.5 Å². The highest BCUT2D eigenvalue weighted by molar-refractivity contribution is 6.18. The van der Waals surface area contributed by atoms with E-state index >= 15 is 0 Å².